The van der Waals surface area contributed by atoms with E-state index < -0.39 is 0 Å². The molecule has 0 atom stereocenters. The third-order valence-corrected chi connectivity index (χ3v) is 7.43. The van der Waals surface area contributed by atoms with Gasteiger partial charge in [-0.15, -0.1) is 0 Å². The van der Waals surface area contributed by atoms with Gasteiger partial charge in [0.25, 0.3) is 0 Å². The zero-order chi connectivity index (χ0) is 26.1. The summed E-state index contributed by atoms with van der Waals surface area (Å²) in [5.41, 5.74) is 6.93. The van der Waals surface area contributed by atoms with E-state index in [-0.39, 0.29) is 5.91 Å². The molecule has 1 saturated heterocycles. The van der Waals surface area contributed by atoms with Gasteiger partial charge in [0.2, 0.25) is 11.9 Å². The molecular weight excluding hydrogens is 464 g/mol. The van der Waals surface area contributed by atoms with Crippen LogP contribution in [0.2, 0.25) is 0 Å². The molecule has 2 aliphatic rings. The highest BCUT2D eigenvalue weighted by atomic mass is 16.2. The zero-order valence-corrected chi connectivity index (χ0v) is 22.6. The maximum absolute atomic E-state index is 12.4. The largest absolute Gasteiger partial charge is 0.342 e. The highest BCUT2D eigenvalue weighted by Crippen LogP contribution is 2.40. The number of anilines is 4. The van der Waals surface area contributed by atoms with Crippen LogP contribution >= 0.6 is 0 Å². The average Bonchev–Trinajstić information content (AvgIpc) is 3.61. The van der Waals surface area contributed by atoms with E-state index in [1.807, 2.05) is 37.0 Å². The molecule has 1 aromatic carbocycles. The molecule has 0 radical (unpaired) electrons. The molecule has 37 heavy (non-hydrogen) atoms. The maximum Gasteiger partial charge on any atom is 0.236 e. The van der Waals surface area contributed by atoms with Crippen LogP contribution in [0.5, 0.6) is 0 Å². The number of nitrogens with zero attached hydrogens (tertiary/aromatic N) is 5. The second-order valence-corrected chi connectivity index (χ2v) is 10.9. The molecule has 3 heterocycles. The van der Waals surface area contributed by atoms with Gasteiger partial charge in [-0.2, -0.15) is 10.1 Å². The van der Waals surface area contributed by atoms with Crippen LogP contribution in [-0.4, -0.2) is 69.6 Å². The van der Waals surface area contributed by atoms with Crippen molar-refractivity contribution < 1.29 is 4.79 Å². The molecule has 3 aromatic rings. The number of H-pyrrole nitrogens is 1. The van der Waals surface area contributed by atoms with E-state index in [1.54, 1.807) is 0 Å². The van der Waals surface area contributed by atoms with Crippen molar-refractivity contribution in [1.29, 1.82) is 0 Å². The Bertz CT molecular complexity index is 1270. The number of aromatic nitrogens is 4. The SMILES string of the molecule is Cc1cc(C2CCN(C(=O)CN(C)C)CC2)c(C)cc1Nc1ncc(C)c(Nc2cc(C3CC3)[nH]n2)n1. The molecule has 3 N–H and O–H groups in total. The molecule has 0 bridgehead atoms. The van der Waals surface area contributed by atoms with Crippen LogP contribution in [0.15, 0.2) is 24.4 Å². The average molecular weight is 503 g/mol. The predicted octanol–water partition coefficient (Wildman–Crippen LogP) is 4.76. The molecule has 1 saturated carbocycles. The molecule has 0 spiro atoms. The van der Waals surface area contributed by atoms with Crippen molar-refractivity contribution >= 4 is 29.2 Å². The Kier molecular flexibility index (Phi) is 7.15. The van der Waals surface area contributed by atoms with Gasteiger partial charge in [-0.3, -0.25) is 9.89 Å². The molecule has 196 valence electrons. The molecule has 1 aliphatic carbocycles. The Morgan fingerprint density at radius 2 is 1.76 bits per heavy atom. The Balaban J connectivity index is 1.25. The summed E-state index contributed by atoms with van der Waals surface area (Å²) in [6.07, 6.45) is 6.29. The van der Waals surface area contributed by atoms with Gasteiger partial charge in [0.05, 0.1) is 6.54 Å². The molecule has 2 aromatic heterocycles. The molecule has 2 fully saturated rings. The van der Waals surface area contributed by atoms with Crippen molar-refractivity contribution in [3.8, 4) is 0 Å². The molecule has 9 nitrogen and oxygen atoms in total. The smallest absolute Gasteiger partial charge is 0.236 e. The number of likely N-dealkylation sites (tertiary alicyclic amines) is 1. The summed E-state index contributed by atoms with van der Waals surface area (Å²) in [5, 5.41) is 14.3. The first-order valence-electron chi connectivity index (χ1n) is 13.2. The number of piperidine rings is 1. The van der Waals surface area contributed by atoms with E-state index in [2.05, 4.69) is 57.9 Å². The number of amides is 1. The lowest BCUT2D eigenvalue weighted by atomic mass is 9.85. The van der Waals surface area contributed by atoms with Crippen LogP contribution < -0.4 is 10.6 Å². The van der Waals surface area contributed by atoms with Gasteiger partial charge in [-0.05, 0) is 89.2 Å². The van der Waals surface area contributed by atoms with Gasteiger partial charge in [0, 0.05) is 48.2 Å². The van der Waals surface area contributed by atoms with Crippen LogP contribution in [-0.2, 0) is 4.79 Å². The Morgan fingerprint density at radius 3 is 2.46 bits per heavy atom. The van der Waals surface area contributed by atoms with Crippen molar-refractivity contribution in [3.63, 3.8) is 0 Å². The summed E-state index contributed by atoms with van der Waals surface area (Å²) in [5.74, 6) is 3.39. The fourth-order valence-electron chi connectivity index (χ4n) is 5.10. The molecule has 9 heteroatoms. The Hall–Kier alpha value is -3.46. The zero-order valence-electron chi connectivity index (χ0n) is 22.6. The minimum absolute atomic E-state index is 0.221. The molecule has 5 rings (SSSR count). The maximum atomic E-state index is 12.4. The highest BCUT2D eigenvalue weighted by molar-refractivity contribution is 5.78. The lowest BCUT2D eigenvalue weighted by Gasteiger charge is -2.33. The third kappa shape index (κ3) is 5.93. The Morgan fingerprint density at radius 1 is 1.00 bits per heavy atom. The van der Waals surface area contributed by atoms with E-state index in [1.165, 1.54) is 29.7 Å². The highest BCUT2D eigenvalue weighted by Gasteiger charge is 2.26. The summed E-state index contributed by atoms with van der Waals surface area (Å²) in [6.45, 7) is 8.40. The van der Waals surface area contributed by atoms with E-state index in [4.69, 9.17) is 4.98 Å². The summed E-state index contributed by atoms with van der Waals surface area (Å²) in [6, 6.07) is 6.55. The minimum Gasteiger partial charge on any atom is -0.342 e. The van der Waals surface area contributed by atoms with Gasteiger partial charge >= 0.3 is 0 Å². The van der Waals surface area contributed by atoms with Crippen molar-refractivity contribution in [1.82, 2.24) is 30.0 Å². The van der Waals surface area contributed by atoms with Gasteiger partial charge in [-0.1, -0.05) is 6.07 Å². The first-order valence-corrected chi connectivity index (χ1v) is 13.2. The van der Waals surface area contributed by atoms with E-state index in [9.17, 15) is 4.79 Å². The normalized spacial score (nSPS) is 16.3. The summed E-state index contributed by atoms with van der Waals surface area (Å²) >= 11 is 0. The van der Waals surface area contributed by atoms with Crippen LogP contribution in [0.25, 0.3) is 0 Å². The number of aryl methyl sites for hydroxylation is 3. The fourth-order valence-corrected chi connectivity index (χ4v) is 5.10. The first-order chi connectivity index (χ1) is 17.8. The number of likely N-dealkylation sites (N-methyl/N-ethyl adjacent to an activating group) is 1. The predicted molar refractivity (Wildman–Crippen MR) is 147 cm³/mol. The summed E-state index contributed by atoms with van der Waals surface area (Å²) < 4.78 is 0. The first kappa shape index (κ1) is 25.2. The number of aromatic amines is 1. The Labute approximate surface area is 219 Å². The van der Waals surface area contributed by atoms with Crippen molar-refractivity contribution in [2.75, 3.05) is 44.4 Å². The third-order valence-electron chi connectivity index (χ3n) is 7.43. The number of hydrogen-bond donors (Lipinski definition) is 3. The molecule has 1 amide bonds. The van der Waals surface area contributed by atoms with Crippen LogP contribution in [0, 0.1) is 20.8 Å². The second-order valence-electron chi connectivity index (χ2n) is 10.9. The molecule has 0 unspecified atom stereocenters. The number of carbonyl (C=O) groups excluding carboxylic acids is 1. The standard InChI is InChI=1S/C28H38N8O/c1-17-13-23(18(2)12-22(17)20-8-10-36(11-9-20)26(37)16-35(4)5)30-28-29-15-19(3)27(32-28)31-25-14-24(33-34-25)21-6-7-21/h12-15,20-21H,6-11,16H2,1-5H3,(H3,29,30,31,32,33,34). The van der Waals surface area contributed by atoms with Crippen molar-refractivity contribution in [2.45, 2.75) is 58.3 Å². The quantitative estimate of drug-likeness (QED) is 0.408. The lowest BCUT2D eigenvalue weighted by Crippen LogP contribution is -2.42. The number of carbonyl (C=O) groups is 1. The number of rotatable bonds is 8. The van der Waals surface area contributed by atoms with Gasteiger partial charge in [0.15, 0.2) is 5.82 Å². The van der Waals surface area contributed by atoms with Crippen molar-refractivity contribution in [3.05, 3.63) is 52.3 Å². The van der Waals surface area contributed by atoms with Crippen LogP contribution in [0.4, 0.5) is 23.3 Å². The summed E-state index contributed by atoms with van der Waals surface area (Å²) in [7, 11) is 3.88. The van der Waals surface area contributed by atoms with Gasteiger partial charge in [0.1, 0.15) is 5.82 Å². The van der Waals surface area contributed by atoms with Crippen LogP contribution in [0.1, 0.15) is 65.5 Å². The molecule has 1 aliphatic heterocycles. The van der Waals surface area contributed by atoms with Gasteiger partial charge in [-0.25, -0.2) is 4.98 Å². The minimum atomic E-state index is 0.221. The second kappa shape index (κ2) is 10.5. The van der Waals surface area contributed by atoms with E-state index in [0.29, 0.717) is 24.3 Å². The summed E-state index contributed by atoms with van der Waals surface area (Å²) in [4.78, 5) is 25.6. The number of hydrogen-bond acceptors (Lipinski definition) is 7. The van der Waals surface area contributed by atoms with Crippen molar-refractivity contribution in [2.24, 2.45) is 0 Å². The monoisotopic (exact) mass is 502 g/mol. The number of benzene rings is 1. The lowest BCUT2D eigenvalue weighted by molar-refractivity contribution is -0.132. The fraction of sp³-hybridized carbons (Fsp3) is 0.500. The van der Waals surface area contributed by atoms with Gasteiger partial charge < -0.3 is 20.4 Å². The topological polar surface area (TPSA) is 102 Å². The van der Waals surface area contributed by atoms with E-state index >= 15 is 0 Å². The molecular formula is C28H38N8O. The van der Waals surface area contributed by atoms with E-state index in [0.717, 1.165) is 54.4 Å². The number of nitrogens with one attached hydrogen (secondary N) is 3. The van der Waals surface area contributed by atoms with Crippen LogP contribution in [0.3, 0.4) is 0 Å².